The zero-order chi connectivity index (χ0) is 23.4. The summed E-state index contributed by atoms with van der Waals surface area (Å²) < 4.78 is 28.1. The lowest BCUT2D eigenvalue weighted by molar-refractivity contribution is -0.148. The molecule has 0 radical (unpaired) electrons. The van der Waals surface area contributed by atoms with Crippen LogP contribution in [0.4, 0.5) is 0 Å². The van der Waals surface area contributed by atoms with Crippen LogP contribution in [0.3, 0.4) is 0 Å². The van der Waals surface area contributed by atoms with Crippen LogP contribution in [-0.4, -0.2) is 31.7 Å². The van der Waals surface area contributed by atoms with Crippen molar-refractivity contribution in [3.8, 4) is 5.75 Å². The topological polar surface area (TPSA) is 90.9 Å². The Morgan fingerprint density at radius 2 is 1.68 bits per heavy atom. The molecule has 170 valence electrons. The van der Waals surface area contributed by atoms with E-state index in [1.54, 1.807) is 25.1 Å². The molecule has 0 aromatic heterocycles. The van der Waals surface area contributed by atoms with E-state index in [9.17, 15) is 14.2 Å². The Balaban J connectivity index is 2.08. The molecule has 0 aliphatic rings. The van der Waals surface area contributed by atoms with Gasteiger partial charge in [0.2, 0.25) is 0 Å². The number of halogens is 1. The van der Waals surface area contributed by atoms with Gasteiger partial charge in [-0.1, -0.05) is 45.0 Å². The Morgan fingerprint density at radius 3 is 2.29 bits per heavy atom. The van der Waals surface area contributed by atoms with Crippen LogP contribution in [0.15, 0.2) is 36.4 Å². The van der Waals surface area contributed by atoms with E-state index < -0.39 is 24.8 Å². The molecule has 0 saturated heterocycles. The Morgan fingerprint density at radius 1 is 1.06 bits per heavy atom. The molecule has 1 N–H and O–H groups in total. The predicted octanol–water partition coefficient (Wildman–Crippen LogP) is 5.41. The van der Waals surface area contributed by atoms with Crippen molar-refractivity contribution in [2.24, 2.45) is 5.41 Å². The molecule has 0 heterocycles. The lowest BCUT2D eigenvalue weighted by atomic mass is 9.98. The Labute approximate surface area is 187 Å². The van der Waals surface area contributed by atoms with Gasteiger partial charge < -0.3 is 14.0 Å². The van der Waals surface area contributed by atoms with Crippen LogP contribution in [0.5, 0.6) is 5.75 Å². The Kier molecular flexibility index (Phi) is 8.15. The van der Waals surface area contributed by atoms with Crippen LogP contribution in [0.2, 0.25) is 0 Å². The predicted molar refractivity (Wildman–Crippen MR) is 121 cm³/mol. The molecule has 9 heteroatoms. The highest BCUT2D eigenvalue weighted by Gasteiger charge is 2.29. The third-order valence-corrected chi connectivity index (χ3v) is 6.10. The zero-order valence-electron chi connectivity index (χ0n) is 18.6. The molecule has 0 fully saturated rings. The van der Waals surface area contributed by atoms with Gasteiger partial charge in [-0.05, 0) is 47.7 Å². The number of methoxy groups -OCH3 is 1. The summed E-state index contributed by atoms with van der Waals surface area (Å²) >= 11 is 6.03. The van der Waals surface area contributed by atoms with E-state index in [2.05, 4.69) is 5.09 Å². The van der Waals surface area contributed by atoms with Crippen molar-refractivity contribution in [1.29, 1.82) is 0 Å². The first-order valence-corrected chi connectivity index (χ1v) is 12.4. The van der Waals surface area contributed by atoms with Crippen molar-refractivity contribution >= 4 is 40.8 Å². The average Bonchev–Trinajstić information content (AvgIpc) is 2.69. The molecule has 0 aliphatic heterocycles. The smallest absolute Gasteiger partial charge is 0.409 e. The van der Waals surface area contributed by atoms with E-state index >= 15 is 0 Å². The second-order valence-corrected chi connectivity index (χ2v) is 11.3. The summed E-state index contributed by atoms with van der Waals surface area (Å²) in [7, 11) is 1.35. The van der Waals surface area contributed by atoms with Crippen LogP contribution >= 0.6 is 18.1 Å². The van der Waals surface area contributed by atoms with Crippen LogP contribution < -0.4 is 9.61 Å². The molecule has 0 bridgehead atoms. The van der Waals surface area contributed by atoms with Crippen LogP contribution in [0.1, 0.15) is 46.1 Å². The maximum Gasteiger partial charge on any atom is 0.409 e. The molecule has 2 rings (SSSR count). The molecule has 2 aromatic carbocycles. The van der Waals surface area contributed by atoms with Crippen LogP contribution in [-0.2, 0) is 23.6 Å². The molecule has 0 spiro atoms. The SMILES string of the molecule is COC(=O)[C@@H](C)c1ccc2cc(OP(=O)(Cl)NC(C)C(=O)OCC(C)(C)C)ccc2c1. The van der Waals surface area contributed by atoms with E-state index in [0.717, 1.165) is 16.3 Å². The van der Waals surface area contributed by atoms with Gasteiger partial charge in [0.1, 0.15) is 11.8 Å². The lowest BCUT2D eigenvalue weighted by Gasteiger charge is -2.21. The number of carbonyl (C=O) groups is 2. The van der Waals surface area contributed by atoms with Gasteiger partial charge in [-0.3, -0.25) is 9.59 Å². The fourth-order valence-electron chi connectivity index (χ4n) is 2.74. The first kappa shape index (κ1) is 25.2. The second kappa shape index (κ2) is 10.0. The fourth-order valence-corrected chi connectivity index (χ4v) is 4.42. The largest absolute Gasteiger partial charge is 0.469 e. The minimum atomic E-state index is -3.85. The van der Waals surface area contributed by atoms with E-state index in [0.29, 0.717) is 0 Å². The summed E-state index contributed by atoms with van der Waals surface area (Å²) in [5.41, 5.74) is 0.635. The fraction of sp³-hybridized carbons (Fsp3) is 0.455. The van der Waals surface area contributed by atoms with Gasteiger partial charge in [0, 0.05) is 11.2 Å². The molecule has 31 heavy (non-hydrogen) atoms. The summed E-state index contributed by atoms with van der Waals surface area (Å²) in [6.45, 7) is 5.47. The van der Waals surface area contributed by atoms with Crippen molar-refractivity contribution in [2.45, 2.75) is 46.6 Å². The van der Waals surface area contributed by atoms with Gasteiger partial charge in [-0.15, -0.1) is 0 Å². The quantitative estimate of drug-likeness (QED) is 0.408. The number of benzene rings is 2. The Bertz CT molecular complexity index is 1000. The van der Waals surface area contributed by atoms with Crippen LogP contribution in [0, 0.1) is 5.41 Å². The molecule has 2 aromatic rings. The third-order valence-electron chi connectivity index (χ3n) is 4.46. The Hall–Kier alpha value is -2.08. The lowest BCUT2D eigenvalue weighted by Crippen LogP contribution is -2.34. The number of hydrogen-bond donors (Lipinski definition) is 1. The normalized spacial score (nSPS) is 15.6. The summed E-state index contributed by atoms with van der Waals surface area (Å²) in [4.78, 5) is 23.9. The van der Waals surface area contributed by atoms with Gasteiger partial charge in [0.25, 0.3) is 0 Å². The van der Waals surface area contributed by atoms with Crippen molar-refractivity contribution in [2.75, 3.05) is 13.7 Å². The van der Waals surface area contributed by atoms with Gasteiger partial charge >= 0.3 is 18.8 Å². The van der Waals surface area contributed by atoms with Crippen LogP contribution in [0.25, 0.3) is 10.8 Å². The van der Waals surface area contributed by atoms with Crippen molar-refractivity contribution in [1.82, 2.24) is 5.09 Å². The minimum absolute atomic E-state index is 0.184. The highest BCUT2D eigenvalue weighted by Crippen LogP contribution is 2.49. The summed E-state index contributed by atoms with van der Waals surface area (Å²) in [6, 6.07) is 9.70. The molecule has 3 atom stereocenters. The summed E-state index contributed by atoms with van der Waals surface area (Å²) in [5, 5.41) is 4.19. The first-order chi connectivity index (χ1) is 14.3. The monoisotopic (exact) mass is 469 g/mol. The maximum atomic E-state index is 12.7. The van der Waals surface area contributed by atoms with Crippen molar-refractivity contribution < 1.29 is 28.2 Å². The van der Waals surface area contributed by atoms with Crippen molar-refractivity contribution in [3.63, 3.8) is 0 Å². The molecule has 7 nitrogen and oxygen atoms in total. The molecule has 2 unspecified atom stereocenters. The number of hydrogen-bond acceptors (Lipinski definition) is 6. The number of fused-ring (bicyclic) bond motifs is 1. The summed E-state index contributed by atoms with van der Waals surface area (Å²) in [5.74, 6) is -0.992. The minimum Gasteiger partial charge on any atom is -0.469 e. The van der Waals surface area contributed by atoms with Crippen molar-refractivity contribution in [3.05, 3.63) is 42.0 Å². The second-order valence-electron chi connectivity index (χ2n) is 8.60. The number of ether oxygens (including phenoxy) is 2. The average molecular weight is 470 g/mol. The number of nitrogens with one attached hydrogen (secondary N) is 1. The number of esters is 2. The van der Waals surface area contributed by atoms with E-state index in [1.165, 1.54) is 14.0 Å². The van der Waals surface area contributed by atoms with E-state index in [-0.39, 0.29) is 23.7 Å². The van der Waals surface area contributed by atoms with E-state index in [4.69, 9.17) is 25.2 Å². The number of carbonyl (C=O) groups excluding carboxylic acids is 2. The first-order valence-electron chi connectivity index (χ1n) is 9.86. The molecular formula is C22H29ClNO6P. The molecule has 0 saturated carbocycles. The van der Waals surface area contributed by atoms with Gasteiger partial charge in [0.15, 0.2) is 0 Å². The standard InChI is InChI=1S/C22H29ClNO6P/c1-14(20(25)28-6)16-7-8-18-12-19(10-9-17(18)11-16)30-31(23,27)24-15(2)21(26)29-13-22(3,4)5/h7-12,14-15H,13H2,1-6H3,(H,24,27)/t14-,15?,31?/m0/s1. The highest BCUT2D eigenvalue weighted by atomic mass is 35.7. The van der Waals surface area contributed by atoms with Gasteiger partial charge in [-0.25, -0.2) is 9.65 Å². The van der Waals surface area contributed by atoms with Gasteiger partial charge in [0.05, 0.1) is 19.6 Å². The zero-order valence-corrected chi connectivity index (χ0v) is 20.3. The maximum absolute atomic E-state index is 12.7. The number of rotatable bonds is 8. The molecule has 0 aliphatic carbocycles. The third kappa shape index (κ3) is 7.53. The van der Waals surface area contributed by atoms with E-state index in [1.807, 2.05) is 39.0 Å². The molecule has 0 amide bonds. The molecular weight excluding hydrogens is 441 g/mol. The van der Waals surface area contributed by atoms with Gasteiger partial charge in [-0.2, -0.15) is 0 Å². The highest BCUT2D eigenvalue weighted by molar-refractivity contribution is 7.84. The summed E-state index contributed by atoms with van der Waals surface area (Å²) in [6.07, 6.45) is 0.